The van der Waals surface area contributed by atoms with Crippen molar-refractivity contribution >= 4 is 23.4 Å². The van der Waals surface area contributed by atoms with E-state index in [1.54, 1.807) is 26.0 Å². The third kappa shape index (κ3) is 4.73. The Hall–Kier alpha value is -2.74. The molecule has 1 atom stereocenters. The molecule has 8 heteroatoms. The second kappa shape index (κ2) is 9.49. The van der Waals surface area contributed by atoms with Gasteiger partial charge in [0.2, 0.25) is 0 Å². The number of allylic oxidation sites excluding steroid dienone is 2. The van der Waals surface area contributed by atoms with Crippen LogP contribution in [-0.4, -0.2) is 35.7 Å². The van der Waals surface area contributed by atoms with Gasteiger partial charge in [-0.25, -0.2) is 4.98 Å². The summed E-state index contributed by atoms with van der Waals surface area (Å²) in [6, 6.07) is 5.55. The number of thioether (sulfide) groups is 1. The monoisotopic (exact) mass is 483 g/mol. The number of Topliss-reactive ketones (excluding diaryl/α,β-unsaturated/α-hetero) is 1. The van der Waals surface area contributed by atoms with Crippen molar-refractivity contribution in [2.24, 2.45) is 11.3 Å². The van der Waals surface area contributed by atoms with E-state index in [0.29, 0.717) is 52.4 Å². The van der Waals surface area contributed by atoms with E-state index in [0.717, 1.165) is 23.4 Å². The molecule has 0 radical (unpaired) electrons. The fraction of sp³-hybridized carbons (Fsp3) is 0.500. The minimum atomic E-state index is -0.527. The number of fused-ring (bicyclic) bond motifs is 1. The summed E-state index contributed by atoms with van der Waals surface area (Å²) in [5.74, 6) is 2.65. The topological polar surface area (TPSA) is 93.3 Å². The average molecular weight is 484 g/mol. The van der Waals surface area contributed by atoms with Crippen molar-refractivity contribution in [2.45, 2.75) is 58.0 Å². The first-order valence-corrected chi connectivity index (χ1v) is 12.6. The van der Waals surface area contributed by atoms with Crippen molar-refractivity contribution in [1.82, 2.24) is 9.97 Å². The lowest BCUT2D eigenvalue weighted by atomic mass is 9.69. The summed E-state index contributed by atoms with van der Waals surface area (Å²) in [4.78, 5) is 34.6. The number of hydrogen-bond acceptors (Lipinski definition) is 7. The SMILES string of the molecule is COc1ccc(C2C3=C(CC(C)(C)CC3=O)Nc3nc(SCCC(C)C)[nH]c(=O)c32)cc1OC. The summed E-state index contributed by atoms with van der Waals surface area (Å²) >= 11 is 1.55. The Labute approximate surface area is 204 Å². The van der Waals surface area contributed by atoms with Crippen LogP contribution >= 0.6 is 11.8 Å². The number of aromatic nitrogens is 2. The number of rotatable bonds is 7. The molecule has 0 fully saturated rings. The molecule has 7 nitrogen and oxygen atoms in total. The Morgan fingerprint density at radius 3 is 2.56 bits per heavy atom. The predicted molar refractivity (Wildman–Crippen MR) is 135 cm³/mol. The Bertz CT molecular complexity index is 1200. The third-order valence-corrected chi connectivity index (χ3v) is 7.28. The summed E-state index contributed by atoms with van der Waals surface area (Å²) in [7, 11) is 3.16. The van der Waals surface area contributed by atoms with Crippen LogP contribution in [0.15, 0.2) is 39.4 Å². The average Bonchev–Trinajstić information content (AvgIpc) is 2.76. The Morgan fingerprint density at radius 1 is 1.15 bits per heavy atom. The van der Waals surface area contributed by atoms with Crippen LogP contribution in [0.3, 0.4) is 0 Å². The third-order valence-electron chi connectivity index (χ3n) is 6.38. The number of ether oxygens (including phenoxy) is 2. The van der Waals surface area contributed by atoms with Gasteiger partial charge in [-0.1, -0.05) is 45.5 Å². The van der Waals surface area contributed by atoms with Gasteiger partial charge >= 0.3 is 0 Å². The lowest BCUT2D eigenvalue weighted by Crippen LogP contribution is -2.37. The maximum atomic E-state index is 13.4. The number of aromatic amines is 1. The van der Waals surface area contributed by atoms with E-state index < -0.39 is 5.92 Å². The molecule has 182 valence electrons. The number of benzene rings is 1. The minimum Gasteiger partial charge on any atom is -0.493 e. The first kappa shape index (κ1) is 24.4. The number of ketones is 1. The second-order valence-electron chi connectivity index (χ2n) is 10.2. The number of hydrogen-bond donors (Lipinski definition) is 2. The van der Waals surface area contributed by atoms with E-state index in [1.807, 2.05) is 18.2 Å². The lowest BCUT2D eigenvalue weighted by Gasteiger charge is -2.38. The number of H-pyrrole nitrogens is 1. The molecule has 2 N–H and O–H groups in total. The van der Waals surface area contributed by atoms with Crippen molar-refractivity contribution < 1.29 is 14.3 Å². The second-order valence-corrected chi connectivity index (χ2v) is 11.3. The molecule has 4 rings (SSSR count). The predicted octanol–water partition coefficient (Wildman–Crippen LogP) is 5.13. The first-order valence-electron chi connectivity index (χ1n) is 11.7. The van der Waals surface area contributed by atoms with Crippen molar-refractivity contribution in [3.63, 3.8) is 0 Å². The highest BCUT2D eigenvalue weighted by molar-refractivity contribution is 7.99. The minimum absolute atomic E-state index is 0.0546. The van der Waals surface area contributed by atoms with E-state index >= 15 is 0 Å². The molecule has 2 aliphatic rings. The molecule has 34 heavy (non-hydrogen) atoms. The molecule has 1 aliphatic heterocycles. The molecule has 0 saturated heterocycles. The standard InChI is InChI=1S/C26H33N3O4S/c1-14(2)9-10-34-25-28-23-22(24(31)29-25)20(15-7-8-18(32-5)19(11-15)33-6)21-16(27-23)12-26(3,4)13-17(21)30/h7-8,11,14,20H,9-10,12-13H2,1-6H3,(H2,27,28,29,31). The van der Waals surface area contributed by atoms with Crippen molar-refractivity contribution in [3.8, 4) is 11.5 Å². The fourth-order valence-corrected chi connectivity index (χ4v) is 5.82. The molecular weight excluding hydrogens is 450 g/mol. The summed E-state index contributed by atoms with van der Waals surface area (Å²) in [5.41, 5.74) is 2.36. The number of carbonyl (C=O) groups excluding carboxylic acids is 1. The highest BCUT2D eigenvalue weighted by Gasteiger charge is 2.42. The Morgan fingerprint density at radius 2 is 1.88 bits per heavy atom. The molecule has 2 aromatic rings. The van der Waals surface area contributed by atoms with E-state index in [2.05, 4.69) is 38.0 Å². The molecule has 1 unspecified atom stereocenters. The van der Waals surface area contributed by atoms with Crippen molar-refractivity contribution in [1.29, 1.82) is 0 Å². The number of methoxy groups -OCH3 is 2. The van der Waals surface area contributed by atoms with E-state index in [-0.39, 0.29) is 16.8 Å². The molecule has 0 spiro atoms. The van der Waals surface area contributed by atoms with Gasteiger partial charge in [0.1, 0.15) is 5.82 Å². The quantitative estimate of drug-likeness (QED) is 0.417. The molecule has 0 saturated carbocycles. The van der Waals surface area contributed by atoms with Crippen LogP contribution in [0.4, 0.5) is 5.82 Å². The van der Waals surface area contributed by atoms with Gasteiger partial charge in [-0.3, -0.25) is 9.59 Å². The van der Waals surface area contributed by atoms with Crippen LogP contribution < -0.4 is 20.3 Å². The Kier molecular flexibility index (Phi) is 6.80. The van der Waals surface area contributed by atoms with E-state index in [1.165, 1.54) is 0 Å². The number of nitrogens with zero attached hydrogens (tertiary/aromatic N) is 1. The highest BCUT2D eigenvalue weighted by atomic mass is 32.2. The molecule has 1 aromatic heterocycles. The van der Waals surface area contributed by atoms with Crippen LogP contribution in [0, 0.1) is 11.3 Å². The van der Waals surface area contributed by atoms with Gasteiger partial charge in [0.05, 0.1) is 19.8 Å². The highest BCUT2D eigenvalue weighted by Crippen LogP contribution is 2.48. The molecule has 0 amide bonds. The molecule has 1 aromatic carbocycles. The molecular formula is C26H33N3O4S. The van der Waals surface area contributed by atoms with Crippen molar-refractivity contribution in [3.05, 3.63) is 50.9 Å². The Balaban J connectivity index is 1.86. The number of nitrogens with one attached hydrogen (secondary N) is 2. The zero-order chi connectivity index (χ0) is 24.6. The van der Waals surface area contributed by atoms with Gasteiger partial charge in [0.15, 0.2) is 22.4 Å². The van der Waals surface area contributed by atoms with Gasteiger partial charge < -0.3 is 19.8 Å². The van der Waals surface area contributed by atoms with Crippen LogP contribution in [0.2, 0.25) is 0 Å². The van der Waals surface area contributed by atoms with Crippen LogP contribution in [0.5, 0.6) is 11.5 Å². The van der Waals surface area contributed by atoms with Crippen LogP contribution in [0.25, 0.3) is 0 Å². The first-order chi connectivity index (χ1) is 16.1. The number of carbonyl (C=O) groups is 1. The normalized spacial score (nSPS) is 18.9. The van der Waals surface area contributed by atoms with Gasteiger partial charge in [-0.2, -0.15) is 0 Å². The van der Waals surface area contributed by atoms with Gasteiger partial charge in [0, 0.05) is 29.4 Å². The molecule has 1 aliphatic carbocycles. The van der Waals surface area contributed by atoms with Gasteiger partial charge in [-0.05, 0) is 41.9 Å². The summed E-state index contributed by atoms with van der Waals surface area (Å²) in [6.07, 6.45) is 2.17. The maximum absolute atomic E-state index is 13.4. The molecule has 0 bridgehead atoms. The maximum Gasteiger partial charge on any atom is 0.257 e. The van der Waals surface area contributed by atoms with E-state index in [9.17, 15) is 9.59 Å². The van der Waals surface area contributed by atoms with Crippen molar-refractivity contribution in [2.75, 3.05) is 25.3 Å². The van der Waals surface area contributed by atoms with E-state index in [4.69, 9.17) is 14.5 Å². The smallest absolute Gasteiger partial charge is 0.257 e. The molecule has 2 heterocycles. The summed E-state index contributed by atoms with van der Waals surface area (Å²) in [6.45, 7) is 8.54. The van der Waals surface area contributed by atoms with Gasteiger partial charge in [0.25, 0.3) is 5.56 Å². The zero-order valence-electron chi connectivity index (χ0n) is 20.7. The lowest BCUT2D eigenvalue weighted by molar-refractivity contribution is -0.118. The largest absolute Gasteiger partial charge is 0.493 e. The summed E-state index contributed by atoms with van der Waals surface area (Å²) in [5, 5.41) is 3.97. The van der Waals surface area contributed by atoms with Crippen LogP contribution in [-0.2, 0) is 4.79 Å². The zero-order valence-corrected chi connectivity index (χ0v) is 21.5. The fourth-order valence-electron chi connectivity index (χ4n) is 4.72. The van der Waals surface area contributed by atoms with Gasteiger partial charge in [-0.15, -0.1) is 0 Å². The summed E-state index contributed by atoms with van der Waals surface area (Å²) < 4.78 is 10.9. The number of anilines is 1. The van der Waals surface area contributed by atoms with Crippen LogP contribution in [0.1, 0.15) is 64.0 Å².